The molecular formula is C14H17FO2. The first-order valence-corrected chi connectivity index (χ1v) is 6.14. The van der Waals surface area contributed by atoms with Gasteiger partial charge in [0, 0.05) is 0 Å². The standard InChI is InChI=1S/C14H17FO2/c15-12-7-5-10(6-8-12)9-11-3-1-2-4-13(11)14(16)17/h5-8,11,13H,1-4,9H2,(H,16,17). The second-order valence-electron chi connectivity index (χ2n) is 4.82. The van der Waals surface area contributed by atoms with E-state index in [9.17, 15) is 14.3 Å². The number of halogens is 1. The molecule has 1 aromatic carbocycles. The van der Waals surface area contributed by atoms with Crippen molar-refractivity contribution in [2.24, 2.45) is 11.8 Å². The number of hydrogen-bond donors (Lipinski definition) is 1. The highest BCUT2D eigenvalue weighted by Gasteiger charge is 2.30. The predicted molar refractivity (Wildman–Crippen MR) is 63.2 cm³/mol. The van der Waals surface area contributed by atoms with Crippen LogP contribution in [0.3, 0.4) is 0 Å². The van der Waals surface area contributed by atoms with Crippen LogP contribution < -0.4 is 0 Å². The highest BCUT2D eigenvalue weighted by Crippen LogP contribution is 2.32. The van der Waals surface area contributed by atoms with E-state index in [2.05, 4.69) is 0 Å². The van der Waals surface area contributed by atoms with E-state index < -0.39 is 5.97 Å². The number of aliphatic carboxylic acids is 1. The third-order valence-electron chi connectivity index (χ3n) is 3.64. The predicted octanol–water partition coefficient (Wildman–Crippen LogP) is 3.26. The number of benzene rings is 1. The van der Waals surface area contributed by atoms with Crippen LogP contribution in [-0.4, -0.2) is 11.1 Å². The van der Waals surface area contributed by atoms with Gasteiger partial charge in [-0.1, -0.05) is 25.0 Å². The molecule has 2 atom stereocenters. The average Bonchev–Trinajstić information content (AvgIpc) is 2.32. The van der Waals surface area contributed by atoms with Crippen molar-refractivity contribution < 1.29 is 14.3 Å². The van der Waals surface area contributed by atoms with E-state index in [0.717, 1.165) is 37.7 Å². The van der Waals surface area contributed by atoms with Gasteiger partial charge < -0.3 is 5.11 Å². The Hall–Kier alpha value is -1.38. The monoisotopic (exact) mass is 236 g/mol. The van der Waals surface area contributed by atoms with Gasteiger partial charge in [0.15, 0.2) is 0 Å². The number of carbonyl (C=O) groups is 1. The largest absolute Gasteiger partial charge is 0.481 e. The number of carboxylic acid groups (broad SMARTS) is 1. The summed E-state index contributed by atoms with van der Waals surface area (Å²) < 4.78 is 12.8. The van der Waals surface area contributed by atoms with Gasteiger partial charge in [-0.2, -0.15) is 0 Å². The highest BCUT2D eigenvalue weighted by atomic mass is 19.1. The van der Waals surface area contributed by atoms with Crippen LogP contribution in [0.4, 0.5) is 4.39 Å². The zero-order chi connectivity index (χ0) is 12.3. The van der Waals surface area contributed by atoms with Crippen LogP contribution in [0.2, 0.25) is 0 Å². The number of carboxylic acids is 1. The van der Waals surface area contributed by atoms with Crippen LogP contribution in [0.25, 0.3) is 0 Å². The summed E-state index contributed by atoms with van der Waals surface area (Å²) in [5.74, 6) is -0.954. The van der Waals surface area contributed by atoms with Crippen molar-refractivity contribution >= 4 is 5.97 Å². The van der Waals surface area contributed by atoms with Gasteiger partial charge in [-0.05, 0) is 42.9 Å². The average molecular weight is 236 g/mol. The van der Waals surface area contributed by atoms with E-state index in [1.807, 2.05) is 0 Å². The van der Waals surface area contributed by atoms with Crippen molar-refractivity contribution in [1.82, 2.24) is 0 Å². The van der Waals surface area contributed by atoms with Crippen molar-refractivity contribution in [3.63, 3.8) is 0 Å². The molecule has 17 heavy (non-hydrogen) atoms. The summed E-state index contributed by atoms with van der Waals surface area (Å²) in [5.41, 5.74) is 1.03. The van der Waals surface area contributed by atoms with Gasteiger partial charge in [-0.25, -0.2) is 4.39 Å². The van der Waals surface area contributed by atoms with Gasteiger partial charge >= 0.3 is 5.97 Å². The molecule has 0 heterocycles. The van der Waals surface area contributed by atoms with Crippen molar-refractivity contribution in [1.29, 1.82) is 0 Å². The van der Waals surface area contributed by atoms with Gasteiger partial charge in [-0.15, -0.1) is 0 Å². The Morgan fingerprint density at radius 2 is 1.88 bits per heavy atom. The molecule has 0 spiro atoms. The molecule has 1 N–H and O–H groups in total. The summed E-state index contributed by atoms with van der Waals surface area (Å²) in [6.07, 6.45) is 4.61. The molecule has 3 heteroatoms. The summed E-state index contributed by atoms with van der Waals surface area (Å²) in [4.78, 5) is 11.1. The molecule has 92 valence electrons. The van der Waals surface area contributed by atoms with Gasteiger partial charge in [-0.3, -0.25) is 4.79 Å². The summed E-state index contributed by atoms with van der Waals surface area (Å²) in [7, 11) is 0. The zero-order valence-electron chi connectivity index (χ0n) is 9.73. The Labute approximate surface area is 100 Å². The SMILES string of the molecule is O=C(O)C1CCCCC1Cc1ccc(F)cc1. The maximum Gasteiger partial charge on any atom is 0.306 e. The van der Waals surface area contributed by atoms with E-state index >= 15 is 0 Å². The molecule has 1 aromatic rings. The normalized spacial score (nSPS) is 24.5. The third kappa shape index (κ3) is 3.05. The van der Waals surface area contributed by atoms with Crippen LogP contribution >= 0.6 is 0 Å². The summed E-state index contributed by atoms with van der Waals surface area (Å²) in [5, 5.41) is 9.17. The minimum absolute atomic E-state index is 0.201. The summed E-state index contributed by atoms with van der Waals surface area (Å²) >= 11 is 0. The first kappa shape index (κ1) is 12.1. The van der Waals surface area contributed by atoms with Crippen molar-refractivity contribution in [2.75, 3.05) is 0 Å². The van der Waals surface area contributed by atoms with Crippen molar-refractivity contribution in [2.45, 2.75) is 32.1 Å². The van der Waals surface area contributed by atoms with Crippen molar-refractivity contribution in [3.8, 4) is 0 Å². The van der Waals surface area contributed by atoms with E-state index in [0.29, 0.717) is 0 Å². The van der Waals surface area contributed by atoms with Gasteiger partial charge in [0.25, 0.3) is 0 Å². The third-order valence-corrected chi connectivity index (χ3v) is 3.64. The second-order valence-corrected chi connectivity index (χ2v) is 4.82. The minimum Gasteiger partial charge on any atom is -0.481 e. The molecule has 0 saturated heterocycles. The fourth-order valence-electron chi connectivity index (χ4n) is 2.70. The molecule has 0 aromatic heterocycles. The maximum absolute atomic E-state index is 12.8. The van der Waals surface area contributed by atoms with Gasteiger partial charge in [0.2, 0.25) is 0 Å². The van der Waals surface area contributed by atoms with Crippen LogP contribution in [0.1, 0.15) is 31.2 Å². The lowest BCUT2D eigenvalue weighted by atomic mass is 9.76. The lowest BCUT2D eigenvalue weighted by Gasteiger charge is -2.28. The van der Waals surface area contributed by atoms with E-state index in [4.69, 9.17) is 0 Å². The smallest absolute Gasteiger partial charge is 0.306 e. The van der Waals surface area contributed by atoms with Gasteiger partial charge in [0.1, 0.15) is 5.82 Å². The first-order valence-electron chi connectivity index (χ1n) is 6.14. The second kappa shape index (κ2) is 5.30. The Bertz CT molecular complexity index is 386. The van der Waals surface area contributed by atoms with E-state index in [1.54, 1.807) is 12.1 Å². The number of hydrogen-bond acceptors (Lipinski definition) is 1. The topological polar surface area (TPSA) is 37.3 Å². The zero-order valence-corrected chi connectivity index (χ0v) is 9.73. The molecule has 2 unspecified atom stereocenters. The Morgan fingerprint density at radius 1 is 1.24 bits per heavy atom. The first-order chi connectivity index (χ1) is 8.16. The van der Waals surface area contributed by atoms with E-state index in [1.165, 1.54) is 12.1 Å². The molecule has 1 fully saturated rings. The molecule has 0 radical (unpaired) electrons. The van der Waals surface area contributed by atoms with E-state index in [-0.39, 0.29) is 17.7 Å². The van der Waals surface area contributed by atoms with Crippen LogP contribution in [0.5, 0.6) is 0 Å². The molecule has 2 rings (SSSR count). The van der Waals surface area contributed by atoms with Gasteiger partial charge in [0.05, 0.1) is 5.92 Å². The Balaban J connectivity index is 2.05. The molecule has 1 aliphatic carbocycles. The molecular weight excluding hydrogens is 219 g/mol. The molecule has 2 nitrogen and oxygen atoms in total. The molecule has 1 saturated carbocycles. The van der Waals surface area contributed by atoms with Crippen LogP contribution in [0.15, 0.2) is 24.3 Å². The lowest BCUT2D eigenvalue weighted by Crippen LogP contribution is -2.28. The Kier molecular flexibility index (Phi) is 3.77. The quantitative estimate of drug-likeness (QED) is 0.874. The fourth-order valence-corrected chi connectivity index (χ4v) is 2.70. The molecule has 1 aliphatic rings. The minimum atomic E-state index is -0.684. The summed E-state index contributed by atoms with van der Waals surface area (Å²) in [6, 6.07) is 6.38. The summed E-state index contributed by atoms with van der Waals surface area (Å²) in [6.45, 7) is 0. The lowest BCUT2D eigenvalue weighted by molar-refractivity contribution is -0.144. The number of rotatable bonds is 3. The van der Waals surface area contributed by atoms with Crippen LogP contribution in [0, 0.1) is 17.7 Å². The highest BCUT2D eigenvalue weighted by molar-refractivity contribution is 5.70. The molecule has 0 amide bonds. The molecule has 0 bridgehead atoms. The fraction of sp³-hybridized carbons (Fsp3) is 0.500. The Morgan fingerprint density at radius 3 is 2.53 bits per heavy atom. The van der Waals surface area contributed by atoms with Crippen molar-refractivity contribution in [3.05, 3.63) is 35.6 Å². The maximum atomic E-state index is 12.8. The van der Waals surface area contributed by atoms with Crippen LogP contribution in [-0.2, 0) is 11.2 Å². The molecule has 0 aliphatic heterocycles.